The topological polar surface area (TPSA) is 41.1 Å². The van der Waals surface area contributed by atoms with Crippen LogP contribution in [0.3, 0.4) is 0 Å². The highest BCUT2D eigenvalue weighted by molar-refractivity contribution is 9.10. The first-order valence-electron chi connectivity index (χ1n) is 6.96. The number of rotatable bonds is 6. The largest absolute Gasteiger partial charge is 0.326 e. The number of amides is 1. The van der Waals surface area contributed by atoms with Gasteiger partial charge in [0, 0.05) is 29.7 Å². The van der Waals surface area contributed by atoms with Gasteiger partial charge in [-0.1, -0.05) is 40.2 Å². The van der Waals surface area contributed by atoms with Crippen LogP contribution in [0.5, 0.6) is 0 Å². The van der Waals surface area contributed by atoms with Crippen LogP contribution in [0.1, 0.15) is 17.5 Å². The Morgan fingerprint density at radius 1 is 1.10 bits per heavy atom. The van der Waals surface area contributed by atoms with Gasteiger partial charge >= 0.3 is 0 Å². The Morgan fingerprint density at radius 3 is 2.52 bits per heavy atom. The van der Waals surface area contributed by atoms with Crippen molar-refractivity contribution in [1.82, 2.24) is 5.32 Å². The molecule has 21 heavy (non-hydrogen) atoms. The molecule has 2 N–H and O–H groups in total. The molecule has 0 aliphatic heterocycles. The van der Waals surface area contributed by atoms with Crippen LogP contribution in [0, 0.1) is 6.92 Å². The van der Waals surface area contributed by atoms with Gasteiger partial charge in [-0.25, -0.2) is 0 Å². The van der Waals surface area contributed by atoms with Crippen LogP contribution in [-0.4, -0.2) is 12.5 Å². The Hall–Kier alpha value is -1.65. The van der Waals surface area contributed by atoms with E-state index in [4.69, 9.17) is 0 Å². The number of anilines is 1. The van der Waals surface area contributed by atoms with Crippen molar-refractivity contribution >= 4 is 27.5 Å². The molecule has 1 amide bonds. The van der Waals surface area contributed by atoms with E-state index in [0.717, 1.165) is 16.7 Å². The van der Waals surface area contributed by atoms with Crippen LogP contribution >= 0.6 is 15.9 Å². The number of hydrogen-bond acceptors (Lipinski definition) is 2. The van der Waals surface area contributed by atoms with Crippen molar-refractivity contribution in [2.45, 2.75) is 19.9 Å². The van der Waals surface area contributed by atoms with Crippen molar-refractivity contribution in [3.8, 4) is 0 Å². The number of aryl methyl sites for hydroxylation is 1. The molecular weight excluding hydrogens is 328 g/mol. The van der Waals surface area contributed by atoms with Crippen molar-refractivity contribution in [2.75, 3.05) is 11.9 Å². The molecule has 0 bridgehead atoms. The van der Waals surface area contributed by atoms with Crippen LogP contribution in [-0.2, 0) is 11.3 Å². The number of nitrogens with one attached hydrogen (secondary N) is 2. The Bertz CT molecular complexity index is 596. The van der Waals surface area contributed by atoms with Crippen molar-refractivity contribution in [1.29, 1.82) is 0 Å². The molecule has 0 unspecified atom stereocenters. The number of hydrogen-bond donors (Lipinski definition) is 2. The predicted octanol–water partition coefficient (Wildman–Crippen LogP) is 3.88. The van der Waals surface area contributed by atoms with Gasteiger partial charge in [0.2, 0.25) is 5.91 Å². The Balaban J connectivity index is 1.70. The summed E-state index contributed by atoms with van der Waals surface area (Å²) in [6.07, 6.45) is 0.460. The molecule has 0 saturated heterocycles. The van der Waals surface area contributed by atoms with E-state index in [2.05, 4.69) is 45.6 Å². The van der Waals surface area contributed by atoms with Crippen molar-refractivity contribution in [2.24, 2.45) is 0 Å². The third kappa shape index (κ3) is 5.33. The van der Waals surface area contributed by atoms with Crippen LogP contribution in [0.15, 0.2) is 53.0 Å². The molecule has 0 aliphatic carbocycles. The van der Waals surface area contributed by atoms with E-state index in [1.165, 1.54) is 11.1 Å². The number of carbonyl (C=O) groups is 1. The molecule has 3 nitrogen and oxygen atoms in total. The van der Waals surface area contributed by atoms with E-state index in [1.807, 2.05) is 36.4 Å². The zero-order chi connectivity index (χ0) is 15.1. The van der Waals surface area contributed by atoms with Crippen molar-refractivity contribution in [3.63, 3.8) is 0 Å². The molecule has 0 atom stereocenters. The SMILES string of the molecule is Cc1ccccc1CNCCC(=O)Nc1ccc(Br)cc1. The van der Waals surface area contributed by atoms with Crippen LogP contribution in [0.4, 0.5) is 5.69 Å². The van der Waals surface area contributed by atoms with Gasteiger partial charge in [-0.15, -0.1) is 0 Å². The predicted molar refractivity (Wildman–Crippen MR) is 90.3 cm³/mol. The van der Waals surface area contributed by atoms with E-state index in [9.17, 15) is 4.79 Å². The highest BCUT2D eigenvalue weighted by Crippen LogP contribution is 2.14. The zero-order valence-electron chi connectivity index (χ0n) is 12.0. The molecule has 2 aromatic carbocycles. The van der Waals surface area contributed by atoms with Gasteiger partial charge in [-0.05, 0) is 42.3 Å². The third-order valence-electron chi connectivity index (χ3n) is 3.23. The van der Waals surface area contributed by atoms with Gasteiger partial charge in [0.15, 0.2) is 0 Å². The molecule has 0 fully saturated rings. The first-order valence-corrected chi connectivity index (χ1v) is 7.75. The number of halogens is 1. The van der Waals surface area contributed by atoms with E-state index in [-0.39, 0.29) is 5.91 Å². The lowest BCUT2D eigenvalue weighted by Gasteiger charge is -2.08. The summed E-state index contributed by atoms with van der Waals surface area (Å²) in [6, 6.07) is 15.8. The molecule has 0 saturated carbocycles. The molecular formula is C17H19BrN2O. The fourth-order valence-electron chi connectivity index (χ4n) is 1.99. The summed E-state index contributed by atoms with van der Waals surface area (Å²) >= 11 is 3.37. The summed E-state index contributed by atoms with van der Waals surface area (Å²) in [5, 5.41) is 6.18. The summed E-state index contributed by atoms with van der Waals surface area (Å²) in [6.45, 7) is 3.55. The summed E-state index contributed by atoms with van der Waals surface area (Å²) in [5.74, 6) is 0.0228. The van der Waals surface area contributed by atoms with E-state index in [1.54, 1.807) is 0 Å². The third-order valence-corrected chi connectivity index (χ3v) is 3.76. The Labute approximate surface area is 133 Å². The fourth-order valence-corrected chi connectivity index (χ4v) is 2.25. The molecule has 2 rings (SSSR count). The molecule has 0 aliphatic rings. The summed E-state index contributed by atoms with van der Waals surface area (Å²) in [7, 11) is 0. The summed E-state index contributed by atoms with van der Waals surface area (Å²) in [4.78, 5) is 11.8. The minimum atomic E-state index is 0.0228. The molecule has 2 aromatic rings. The first kappa shape index (κ1) is 15.7. The summed E-state index contributed by atoms with van der Waals surface area (Å²) < 4.78 is 1.00. The molecule has 0 spiro atoms. The Morgan fingerprint density at radius 2 is 1.81 bits per heavy atom. The van der Waals surface area contributed by atoms with Crippen LogP contribution < -0.4 is 10.6 Å². The highest BCUT2D eigenvalue weighted by Gasteiger charge is 2.02. The second-order valence-electron chi connectivity index (χ2n) is 4.91. The molecule has 0 aromatic heterocycles. The lowest BCUT2D eigenvalue weighted by Crippen LogP contribution is -2.21. The van der Waals surface area contributed by atoms with Gasteiger partial charge in [0.05, 0.1) is 0 Å². The Kier molecular flexibility index (Phi) is 5.96. The van der Waals surface area contributed by atoms with Gasteiger partial charge < -0.3 is 10.6 Å². The average molecular weight is 347 g/mol. The standard InChI is InChI=1S/C17H19BrN2O/c1-13-4-2-3-5-14(13)12-19-11-10-17(21)20-16-8-6-15(18)7-9-16/h2-9,19H,10-12H2,1H3,(H,20,21). The maximum Gasteiger partial charge on any atom is 0.225 e. The lowest BCUT2D eigenvalue weighted by atomic mass is 10.1. The molecule has 110 valence electrons. The number of benzene rings is 2. The van der Waals surface area contributed by atoms with E-state index < -0.39 is 0 Å². The average Bonchev–Trinajstić information content (AvgIpc) is 2.48. The molecule has 0 radical (unpaired) electrons. The lowest BCUT2D eigenvalue weighted by molar-refractivity contribution is -0.116. The quantitative estimate of drug-likeness (QED) is 0.779. The minimum Gasteiger partial charge on any atom is -0.326 e. The maximum atomic E-state index is 11.8. The van der Waals surface area contributed by atoms with E-state index in [0.29, 0.717) is 13.0 Å². The minimum absolute atomic E-state index is 0.0228. The second-order valence-corrected chi connectivity index (χ2v) is 5.82. The van der Waals surface area contributed by atoms with Crippen molar-refractivity contribution < 1.29 is 4.79 Å². The van der Waals surface area contributed by atoms with E-state index >= 15 is 0 Å². The normalized spacial score (nSPS) is 10.4. The summed E-state index contributed by atoms with van der Waals surface area (Å²) in [5.41, 5.74) is 3.36. The molecule has 0 heterocycles. The van der Waals surface area contributed by atoms with Crippen LogP contribution in [0.2, 0.25) is 0 Å². The van der Waals surface area contributed by atoms with Crippen molar-refractivity contribution in [3.05, 3.63) is 64.1 Å². The second kappa shape index (κ2) is 7.96. The van der Waals surface area contributed by atoms with Gasteiger partial charge in [0.25, 0.3) is 0 Å². The van der Waals surface area contributed by atoms with Gasteiger partial charge in [0.1, 0.15) is 0 Å². The maximum absolute atomic E-state index is 11.8. The van der Waals surface area contributed by atoms with Crippen LogP contribution in [0.25, 0.3) is 0 Å². The number of carbonyl (C=O) groups excluding carboxylic acids is 1. The first-order chi connectivity index (χ1) is 10.1. The van der Waals surface area contributed by atoms with Gasteiger partial charge in [-0.2, -0.15) is 0 Å². The molecule has 4 heteroatoms. The smallest absolute Gasteiger partial charge is 0.225 e. The highest BCUT2D eigenvalue weighted by atomic mass is 79.9. The zero-order valence-corrected chi connectivity index (χ0v) is 13.6. The monoisotopic (exact) mass is 346 g/mol. The van der Waals surface area contributed by atoms with Gasteiger partial charge in [-0.3, -0.25) is 4.79 Å². The fraction of sp³-hybridized carbons (Fsp3) is 0.235.